The van der Waals surface area contributed by atoms with Gasteiger partial charge in [0.1, 0.15) is 12.4 Å². The Hall–Kier alpha value is -2.11. The van der Waals surface area contributed by atoms with Gasteiger partial charge in [-0.1, -0.05) is 41.9 Å². The van der Waals surface area contributed by atoms with Crippen molar-refractivity contribution in [3.8, 4) is 5.75 Å². The highest BCUT2D eigenvalue weighted by atomic mass is 35.5. The van der Waals surface area contributed by atoms with Crippen LogP contribution >= 0.6 is 36.4 Å². The molecule has 3 aromatic rings. The molecule has 3 aliphatic heterocycles. The molecule has 3 aromatic carbocycles. The zero-order valence-electron chi connectivity index (χ0n) is 21.2. The van der Waals surface area contributed by atoms with Gasteiger partial charge in [0, 0.05) is 54.2 Å². The van der Waals surface area contributed by atoms with Crippen molar-refractivity contribution in [3.63, 3.8) is 0 Å². The quantitative estimate of drug-likeness (QED) is 0.310. The zero-order chi connectivity index (χ0) is 23.6. The molecule has 2 saturated heterocycles. The highest BCUT2D eigenvalue weighted by molar-refractivity contribution is 6.30. The Balaban J connectivity index is 0.00000160. The number of halogens is 3. The number of rotatable bonds is 6. The molecule has 1 atom stereocenters. The Kier molecular flexibility index (Phi) is 9.52. The molecule has 6 rings (SSSR count). The minimum Gasteiger partial charge on any atom is -0.487 e. The molecule has 4 nitrogen and oxygen atoms in total. The van der Waals surface area contributed by atoms with Crippen LogP contribution in [0.25, 0.3) is 0 Å². The van der Waals surface area contributed by atoms with Gasteiger partial charge in [-0.05, 0) is 80.6 Å². The molecule has 0 spiro atoms. The van der Waals surface area contributed by atoms with E-state index in [-0.39, 0.29) is 24.8 Å². The Morgan fingerprint density at radius 1 is 0.838 bits per heavy atom. The average molecular weight is 561 g/mol. The van der Waals surface area contributed by atoms with Crippen LogP contribution in [0.1, 0.15) is 36.8 Å². The van der Waals surface area contributed by atoms with Crippen LogP contribution < -0.4 is 14.5 Å². The fourth-order valence-corrected chi connectivity index (χ4v) is 6.09. The molecule has 0 aliphatic carbocycles. The van der Waals surface area contributed by atoms with E-state index in [0.29, 0.717) is 12.6 Å². The van der Waals surface area contributed by atoms with Crippen LogP contribution in [0.5, 0.6) is 5.75 Å². The summed E-state index contributed by atoms with van der Waals surface area (Å²) in [6.07, 6.45) is 6.22. The molecule has 0 saturated carbocycles. The molecule has 198 valence electrons. The smallest absolute Gasteiger partial charge is 0.143 e. The maximum Gasteiger partial charge on any atom is 0.143 e. The van der Waals surface area contributed by atoms with Gasteiger partial charge < -0.3 is 14.5 Å². The summed E-state index contributed by atoms with van der Waals surface area (Å²) in [6.45, 7) is 6.19. The lowest BCUT2D eigenvalue weighted by molar-refractivity contribution is 0.261. The van der Waals surface area contributed by atoms with E-state index in [2.05, 4.69) is 75.4 Å². The van der Waals surface area contributed by atoms with E-state index in [1.807, 2.05) is 6.07 Å². The van der Waals surface area contributed by atoms with Gasteiger partial charge in [-0.25, -0.2) is 0 Å². The van der Waals surface area contributed by atoms with Crippen molar-refractivity contribution in [2.75, 3.05) is 42.5 Å². The molecule has 7 heteroatoms. The molecular weight excluding hydrogens is 525 g/mol. The summed E-state index contributed by atoms with van der Waals surface area (Å²) in [5.74, 6) is 0.947. The van der Waals surface area contributed by atoms with Crippen LogP contribution in [0, 0.1) is 0 Å². The molecule has 0 N–H and O–H groups in total. The van der Waals surface area contributed by atoms with E-state index in [1.54, 1.807) is 0 Å². The van der Waals surface area contributed by atoms with Gasteiger partial charge in [-0.3, -0.25) is 4.90 Å². The van der Waals surface area contributed by atoms with E-state index < -0.39 is 0 Å². The van der Waals surface area contributed by atoms with Crippen LogP contribution in [0.3, 0.4) is 0 Å². The number of nitrogens with zero attached hydrogens (tertiary/aromatic N) is 3. The standard InChI is InChI=1S/C30H34ClN3O.2ClH/c31-25-12-11-24-22-35-30-8-2-1-7-28(30)34(29(24)20-25)21-27-6-5-18-33(27)19-15-23-9-13-26(14-10-23)32-16-3-4-17-32;;/h1-2,7-14,20,27H,3-6,15-19,21-22H2;2*1H/t27-;;/m1../s1. The summed E-state index contributed by atoms with van der Waals surface area (Å²) in [7, 11) is 0. The van der Waals surface area contributed by atoms with Gasteiger partial charge in [-0.2, -0.15) is 0 Å². The van der Waals surface area contributed by atoms with E-state index in [1.165, 1.54) is 67.8 Å². The normalized spacial score (nSPS) is 18.8. The predicted molar refractivity (Wildman–Crippen MR) is 160 cm³/mol. The predicted octanol–water partition coefficient (Wildman–Crippen LogP) is 7.52. The number of para-hydroxylation sites is 2. The Morgan fingerprint density at radius 3 is 2.43 bits per heavy atom. The van der Waals surface area contributed by atoms with Crippen LogP contribution in [-0.4, -0.2) is 43.7 Å². The van der Waals surface area contributed by atoms with Crippen LogP contribution in [0.4, 0.5) is 17.1 Å². The topological polar surface area (TPSA) is 19.0 Å². The fourth-order valence-electron chi connectivity index (χ4n) is 5.92. The Bertz CT molecular complexity index is 1170. The molecule has 0 radical (unpaired) electrons. The zero-order valence-corrected chi connectivity index (χ0v) is 23.5. The first kappa shape index (κ1) is 27.9. The van der Waals surface area contributed by atoms with Crippen LogP contribution in [0.2, 0.25) is 5.02 Å². The van der Waals surface area contributed by atoms with E-state index in [9.17, 15) is 0 Å². The Morgan fingerprint density at radius 2 is 1.62 bits per heavy atom. The van der Waals surface area contributed by atoms with Gasteiger partial charge in [0.15, 0.2) is 0 Å². The van der Waals surface area contributed by atoms with Crippen molar-refractivity contribution >= 4 is 53.5 Å². The molecule has 3 aliphatic rings. The summed E-state index contributed by atoms with van der Waals surface area (Å²) >= 11 is 6.46. The minimum atomic E-state index is 0. The third-order valence-corrected chi connectivity index (χ3v) is 8.10. The van der Waals surface area contributed by atoms with Crippen LogP contribution in [0.15, 0.2) is 66.7 Å². The van der Waals surface area contributed by atoms with Crippen molar-refractivity contribution in [2.45, 2.75) is 44.8 Å². The highest BCUT2D eigenvalue weighted by Crippen LogP contribution is 2.41. The number of hydrogen-bond acceptors (Lipinski definition) is 4. The second-order valence-electron chi connectivity index (χ2n) is 10.1. The largest absolute Gasteiger partial charge is 0.487 e. The second kappa shape index (κ2) is 12.6. The van der Waals surface area contributed by atoms with Crippen molar-refractivity contribution < 1.29 is 4.74 Å². The summed E-state index contributed by atoms with van der Waals surface area (Å²) in [6, 6.07) is 24.4. The fraction of sp³-hybridized carbons (Fsp3) is 0.400. The van der Waals surface area contributed by atoms with E-state index in [0.717, 1.165) is 36.0 Å². The molecule has 0 amide bonds. The summed E-state index contributed by atoms with van der Waals surface area (Å²) in [4.78, 5) is 7.64. The Labute approximate surface area is 238 Å². The summed E-state index contributed by atoms with van der Waals surface area (Å²) < 4.78 is 6.19. The van der Waals surface area contributed by atoms with Gasteiger partial charge in [0.05, 0.1) is 5.69 Å². The first-order valence-electron chi connectivity index (χ1n) is 13.1. The van der Waals surface area contributed by atoms with Gasteiger partial charge >= 0.3 is 0 Å². The molecular formula is C30H36Cl3N3O. The third kappa shape index (κ3) is 6.15. The number of likely N-dealkylation sites (tertiary alicyclic amines) is 1. The number of anilines is 3. The van der Waals surface area contributed by atoms with E-state index >= 15 is 0 Å². The number of hydrogen-bond donors (Lipinski definition) is 0. The molecule has 0 bridgehead atoms. The van der Waals surface area contributed by atoms with Gasteiger partial charge in [0.2, 0.25) is 0 Å². The molecule has 0 unspecified atom stereocenters. The van der Waals surface area contributed by atoms with Gasteiger partial charge in [-0.15, -0.1) is 24.8 Å². The molecule has 3 heterocycles. The first-order valence-corrected chi connectivity index (χ1v) is 13.5. The minimum absolute atomic E-state index is 0. The van der Waals surface area contributed by atoms with Crippen molar-refractivity contribution in [2.24, 2.45) is 0 Å². The molecule has 0 aromatic heterocycles. The lowest BCUT2D eigenvalue weighted by Crippen LogP contribution is -2.39. The molecule has 37 heavy (non-hydrogen) atoms. The van der Waals surface area contributed by atoms with Crippen molar-refractivity contribution in [3.05, 3.63) is 82.9 Å². The first-order chi connectivity index (χ1) is 17.2. The third-order valence-electron chi connectivity index (χ3n) is 7.87. The lowest BCUT2D eigenvalue weighted by Gasteiger charge is -2.33. The average Bonchev–Trinajstić information content (AvgIpc) is 3.56. The summed E-state index contributed by atoms with van der Waals surface area (Å²) in [5, 5.41) is 0.772. The maximum atomic E-state index is 6.46. The SMILES string of the molecule is Cl.Cl.Clc1ccc2c(c1)N(C[C@H]1CCCN1CCc1ccc(N3CCCC3)cc1)c1ccccc1OC2. The number of fused-ring (bicyclic) bond motifs is 2. The van der Waals surface area contributed by atoms with Crippen LogP contribution in [-0.2, 0) is 13.0 Å². The number of benzene rings is 3. The highest BCUT2D eigenvalue weighted by Gasteiger charge is 2.30. The second-order valence-corrected chi connectivity index (χ2v) is 10.5. The lowest BCUT2D eigenvalue weighted by atomic mass is 10.1. The molecule has 2 fully saturated rings. The van der Waals surface area contributed by atoms with Gasteiger partial charge in [0.25, 0.3) is 0 Å². The maximum absolute atomic E-state index is 6.46. The van der Waals surface area contributed by atoms with E-state index in [4.69, 9.17) is 16.3 Å². The van der Waals surface area contributed by atoms with Crippen molar-refractivity contribution in [1.82, 2.24) is 4.90 Å². The number of ether oxygens (including phenoxy) is 1. The van der Waals surface area contributed by atoms with Crippen molar-refractivity contribution in [1.29, 1.82) is 0 Å². The summed E-state index contributed by atoms with van der Waals surface area (Å²) in [5.41, 5.74) is 6.31. The monoisotopic (exact) mass is 559 g/mol.